The van der Waals surface area contributed by atoms with Crippen molar-refractivity contribution in [3.63, 3.8) is 0 Å². The summed E-state index contributed by atoms with van der Waals surface area (Å²) in [6.07, 6.45) is 0. The molecule has 0 saturated carbocycles. The first kappa shape index (κ1) is 18.8. The van der Waals surface area contributed by atoms with Gasteiger partial charge in [-0.2, -0.15) is 10.1 Å². The van der Waals surface area contributed by atoms with E-state index in [2.05, 4.69) is 10.1 Å². The van der Waals surface area contributed by atoms with Crippen molar-refractivity contribution in [2.75, 3.05) is 5.01 Å². The lowest BCUT2D eigenvalue weighted by molar-refractivity contribution is 0.634. The Morgan fingerprint density at radius 2 is 1.75 bits per heavy atom. The lowest BCUT2D eigenvalue weighted by Gasteiger charge is -2.29. The molecule has 10 heteroatoms. The SMILES string of the molecule is CC1=NN(Cc2c(Cl)cccc2Cl)c2nc3c(c(=O)n(C)c(=O)n3C)n2C1C. The maximum absolute atomic E-state index is 12.8. The van der Waals surface area contributed by atoms with Gasteiger partial charge in [-0.05, 0) is 26.0 Å². The maximum Gasteiger partial charge on any atom is 0.332 e. The molecule has 0 fully saturated rings. The van der Waals surface area contributed by atoms with Crippen LogP contribution in [0.4, 0.5) is 5.95 Å². The molecule has 1 aliphatic rings. The number of anilines is 1. The number of imidazole rings is 1. The molecular formula is C18H18Cl2N6O2. The fraction of sp³-hybridized carbons (Fsp3) is 0.333. The average Bonchev–Trinajstić information content (AvgIpc) is 3.06. The number of benzene rings is 1. The van der Waals surface area contributed by atoms with Crippen molar-refractivity contribution in [1.29, 1.82) is 0 Å². The third kappa shape index (κ3) is 2.59. The van der Waals surface area contributed by atoms with Crippen LogP contribution in [0.3, 0.4) is 0 Å². The Hall–Kier alpha value is -2.58. The molecule has 28 heavy (non-hydrogen) atoms. The zero-order valence-electron chi connectivity index (χ0n) is 15.8. The Balaban J connectivity index is 1.99. The van der Waals surface area contributed by atoms with Gasteiger partial charge in [-0.15, -0.1) is 0 Å². The number of hydrogen-bond donors (Lipinski definition) is 0. The molecule has 2 aromatic heterocycles. The molecule has 3 aromatic rings. The van der Waals surface area contributed by atoms with Crippen LogP contribution in [0.2, 0.25) is 10.0 Å². The van der Waals surface area contributed by atoms with E-state index in [9.17, 15) is 9.59 Å². The predicted molar refractivity (Wildman–Crippen MR) is 111 cm³/mol. The van der Waals surface area contributed by atoms with Crippen molar-refractivity contribution in [3.05, 3.63) is 54.6 Å². The van der Waals surface area contributed by atoms with Gasteiger partial charge in [-0.25, -0.2) is 9.80 Å². The van der Waals surface area contributed by atoms with Crippen LogP contribution < -0.4 is 16.3 Å². The lowest BCUT2D eigenvalue weighted by atomic mass is 10.2. The Labute approximate surface area is 170 Å². The number of aryl methyl sites for hydroxylation is 1. The van der Waals surface area contributed by atoms with Gasteiger partial charge in [0.2, 0.25) is 5.95 Å². The van der Waals surface area contributed by atoms with Gasteiger partial charge in [0.05, 0.1) is 18.3 Å². The summed E-state index contributed by atoms with van der Waals surface area (Å²) >= 11 is 12.7. The van der Waals surface area contributed by atoms with Crippen molar-refractivity contribution >= 4 is 46.0 Å². The quantitative estimate of drug-likeness (QED) is 0.638. The van der Waals surface area contributed by atoms with Gasteiger partial charge in [0.15, 0.2) is 11.2 Å². The van der Waals surface area contributed by atoms with E-state index >= 15 is 0 Å². The van der Waals surface area contributed by atoms with Gasteiger partial charge in [-0.3, -0.25) is 18.5 Å². The second kappa shape index (κ2) is 6.49. The molecular weight excluding hydrogens is 403 g/mol. The lowest BCUT2D eigenvalue weighted by Crippen LogP contribution is -2.38. The summed E-state index contributed by atoms with van der Waals surface area (Å²) in [7, 11) is 3.05. The van der Waals surface area contributed by atoms with Gasteiger partial charge in [-0.1, -0.05) is 29.3 Å². The number of halogens is 2. The van der Waals surface area contributed by atoms with Crippen LogP contribution in [-0.2, 0) is 20.6 Å². The molecule has 8 nitrogen and oxygen atoms in total. The van der Waals surface area contributed by atoms with Crippen molar-refractivity contribution in [2.45, 2.75) is 26.4 Å². The molecule has 1 aliphatic heterocycles. The van der Waals surface area contributed by atoms with Crippen LogP contribution in [0, 0.1) is 0 Å². The Kier molecular flexibility index (Phi) is 4.35. The average molecular weight is 421 g/mol. The fourth-order valence-electron chi connectivity index (χ4n) is 3.40. The van der Waals surface area contributed by atoms with Gasteiger partial charge in [0.25, 0.3) is 5.56 Å². The maximum atomic E-state index is 12.8. The number of fused-ring (bicyclic) bond motifs is 3. The summed E-state index contributed by atoms with van der Waals surface area (Å²) in [5.41, 5.74) is 1.35. The van der Waals surface area contributed by atoms with E-state index in [-0.39, 0.29) is 12.6 Å². The number of nitrogens with zero attached hydrogens (tertiary/aromatic N) is 6. The third-order valence-electron chi connectivity index (χ3n) is 5.14. The van der Waals surface area contributed by atoms with E-state index < -0.39 is 11.2 Å². The summed E-state index contributed by atoms with van der Waals surface area (Å²) in [5.74, 6) is 0.461. The van der Waals surface area contributed by atoms with Gasteiger partial charge >= 0.3 is 5.69 Å². The normalized spacial score (nSPS) is 16.4. The van der Waals surface area contributed by atoms with Gasteiger partial charge < -0.3 is 0 Å². The zero-order chi connectivity index (χ0) is 20.3. The molecule has 146 valence electrons. The van der Waals surface area contributed by atoms with Crippen LogP contribution in [0.15, 0.2) is 32.9 Å². The summed E-state index contributed by atoms with van der Waals surface area (Å²) in [4.78, 5) is 29.8. The second-order valence-electron chi connectivity index (χ2n) is 6.83. The highest BCUT2D eigenvalue weighted by atomic mass is 35.5. The Bertz CT molecular complexity index is 1250. The van der Waals surface area contributed by atoms with Crippen LogP contribution in [0.1, 0.15) is 25.5 Å². The van der Waals surface area contributed by atoms with Crippen LogP contribution in [-0.4, -0.2) is 24.4 Å². The van der Waals surface area contributed by atoms with Crippen LogP contribution in [0.25, 0.3) is 11.2 Å². The molecule has 0 amide bonds. The predicted octanol–water partition coefficient (Wildman–Crippen LogP) is 2.70. The van der Waals surface area contributed by atoms with Crippen molar-refractivity contribution in [2.24, 2.45) is 19.2 Å². The summed E-state index contributed by atoms with van der Waals surface area (Å²) in [5, 5.41) is 7.33. The zero-order valence-corrected chi connectivity index (χ0v) is 17.3. The monoisotopic (exact) mass is 420 g/mol. The van der Waals surface area contributed by atoms with E-state index in [1.807, 2.05) is 18.4 Å². The molecule has 1 unspecified atom stereocenters. The number of aromatic nitrogens is 4. The highest BCUT2D eigenvalue weighted by Crippen LogP contribution is 2.33. The van der Waals surface area contributed by atoms with Crippen molar-refractivity contribution < 1.29 is 0 Å². The smallest absolute Gasteiger partial charge is 0.294 e. The second-order valence-corrected chi connectivity index (χ2v) is 7.65. The topological polar surface area (TPSA) is 77.4 Å². The van der Waals surface area contributed by atoms with E-state index in [4.69, 9.17) is 23.2 Å². The van der Waals surface area contributed by atoms with Crippen molar-refractivity contribution in [3.8, 4) is 0 Å². The summed E-state index contributed by atoms with van der Waals surface area (Å²) in [6.45, 7) is 4.10. The molecule has 3 heterocycles. The minimum absolute atomic E-state index is 0.192. The summed E-state index contributed by atoms with van der Waals surface area (Å²) < 4.78 is 4.26. The van der Waals surface area contributed by atoms with Crippen molar-refractivity contribution in [1.82, 2.24) is 18.7 Å². The van der Waals surface area contributed by atoms with E-state index in [0.717, 1.165) is 10.3 Å². The first-order valence-electron chi connectivity index (χ1n) is 8.65. The molecule has 0 spiro atoms. The summed E-state index contributed by atoms with van der Waals surface area (Å²) in [6, 6.07) is 5.10. The van der Waals surface area contributed by atoms with Gasteiger partial charge in [0.1, 0.15) is 0 Å². The highest BCUT2D eigenvalue weighted by Gasteiger charge is 2.30. The van der Waals surface area contributed by atoms with E-state index in [1.165, 1.54) is 11.6 Å². The molecule has 1 aromatic carbocycles. The number of rotatable bonds is 2. The molecule has 0 N–H and O–H groups in total. The van der Waals surface area contributed by atoms with Gasteiger partial charge in [0, 0.05) is 29.7 Å². The number of hydrogen-bond acceptors (Lipinski definition) is 5. The minimum Gasteiger partial charge on any atom is -0.294 e. The first-order valence-corrected chi connectivity index (χ1v) is 9.41. The number of hydrazone groups is 1. The first-order chi connectivity index (χ1) is 13.2. The minimum atomic E-state index is -0.432. The Morgan fingerprint density at radius 3 is 2.39 bits per heavy atom. The van der Waals surface area contributed by atoms with E-state index in [1.54, 1.807) is 30.3 Å². The van der Waals surface area contributed by atoms with Crippen LogP contribution in [0.5, 0.6) is 0 Å². The highest BCUT2D eigenvalue weighted by molar-refractivity contribution is 6.36. The molecule has 1 atom stereocenters. The largest absolute Gasteiger partial charge is 0.332 e. The fourth-order valence-corrected chi connectivity index (χ4v) is 3.91. The van der Waals surface area contributed by atoms with Crippen LogP contribution >= 0.6 is 23.2 Å². The van der Waals surface area contributed by atoms with E-state index in [0.29, 0.717) is 32.7 Å². The molecule has 0 saturated heterocycles. The Morgan fingerprint density at radius 1 is 1.11 bits per heavy atom. The molecule has 0 aliphatic carbocycles. The molecule has 4 rings (SSSR count). The molecule has 0 radical (unpaired) electrons. The molecule has 0 bridgehead atoms. The standard InChI is InChI=1S/C18H18Cl2N6O2/c1-9-10(2)26-14-15(23(3)18(28)24(4)16(14)27)21-17(26)25(22-9)8-11-12(19)6-5-7-13(11)20/h5-7,10H,8H2,1-4H3. The third-order valence-corrected chi connectivity index (χ3v) is 5.85.